The molecule has 0 unspecified atom stereocenters. The van der Waals surface area contributed by atoms with Crippen LogP contribution in [0.4, 0.5) is 13.2 Å². The van der Waals surface area contributed by atoms with E-state index < -0.39 is 17.7 Å². The Balaban J connectivity index is 3.29. The van der Waals surface area contributed by atoms with E-state index >= 15 is 0 Å². The maximum absolute atomic E-state index is 12.7. The highest BCUT2D eigenvalue weighted by Gasteiger charge is 2.34. The summed E-state index contributed by atoms with van der Waals surface area (Å²) in [7, 11) is 0. The van der Waals surface area contributed by atoms with Gasteiger partial charge in [0.15, 0.2) is 0 Å². The summed E-state index contributed by atoms with van der Waals surface area (Å²) in [6.07, 6.45) is -4.49. The van der Waals surface area contributed by atoms with Crippen LogP contribution in [0, 0.1) is 6.92 Å². The van der Waals surface area contributed by atoms with E-state index in [0.717, 1.165) is 6.07 Å². The van der Waals surface area contributed by atoms with Gasteiger partial charge in [-0.25, -0.2) is 4.79 Å². The number of carbonyl (C=O) groups is 1. The van der Waals surface area contributed by atoms with Crippen molar-refractivity contribution in [3.8, 4) is 0 Å². The van der Waals surface area contributed by atoms with Crippen LogP contribution in [0.3, 0.4) is 0 Å². The van der Waals surface area contributed by atoms with Crippen LogP contribution in [0.25, 0.3) is 0 Å². The Labute approximate surface area is 105 Å². The van der Waals surface area contributed by atoms with Gasteiger partial charge >= 0.3 is 12.1 Å². The van der Waals surface area contributed by atoms with E-state index in [-0.39, 0.29) is 22.2 Å². The van der Waals surface area contributed by atoms with Crippen molar-refractivity contribution in [2.45, 2.75) is 20.0 Å². The van der Waals surface area contributed by atoms with Gasteiger partial charge in [-0.05, 0) is 31.5 Å². The molecule has 2 nitrogen and oxygen atoms in total. The molecule has 1 aromatic carbocycles. The lowest BCUT2D eigenvalue weighted by Crippen LogP contribution is -2.12. The first-order valence-corrected chi connectivity index (χ1v) is 5.61. The van der Waals surface area contributed by atoms with Crippen LogP contribution in [0.2, 0.25) is 0 Å². The fourth-order valence-corrected chi connectivity index (χ4v) is 1.77. The third kappa shape index (κ3) is 3.21. The predicted octanol–water partition coefficient (Wildman–Crippen LogP) is 3.95. The van der Waals surface area contributed by atoms with E-state index in [2.05, 4.69) is 20.7 Å². The molecule has 0 saturated carbocycles. The van der Waals surface area contributed by atoms with E-state index in [1.165, 1.54) is 13.0 Å². The maximum atomic E-state index is 12.7. The fourth-order valence-electron chi connectivity index (χ4n) is 1.31. The average molecular weight is 311 g/mol. The molecule has 0 atom stereocenters. The number of ether oxygens (including phenoxy) is 1. The van der Waals surface area contributed by atoms with E-state index in [9.17, 15) is 18.0 Å². The van der Waals surface area contributed by atoms with Crippen LogP contribution >= 0.6 is 15.9 Å². The van der Waals surface area contributed by atoms with Crippen molar-refractivity contribution >= 4 is 21.9 Å². The lowest BCUT2D eigenvalue weighted by Gasteiger charge is -2.13. The van der Waals surface area contributed by atoms with Crippen molar-refractivity contribution in [1.82, 2.24) is 0 Å². The molecule has 17 heavy (non-hydrogen) atoms. The van der Waals surface area contributed by atoms with E-state index in [1.54, 1.807) is 6.92 Å². The van der Waals surface area contributed by atoms with Crippen LogP contribution < -0.4 is 0 Å². The molecule has 6 heteroatoms. The number of halogens is 4. The molecule has 94 valence electrons. The van der Waals surface area contributed by atoms with Crippen LogP contribution in [0.15, 0.2) is 16.6 Å². The second-order valence-corrected chi connectivity index (χ2v) is 4.20. The molecule has 0 saturated heterocycles. The zero-order valence-electron chi connectivity index (χ0n) is 9.19. The Bertz CT molecular complexity index is 441. The topological polar surface area (TPSA) is 26.3 Å². The fraction of sp³-hybridized carbons (Fsp3) is 0.364. The molecule has 0 aliphatic carbocycles. The molecule has 1 rings (SSSR count). The van der Waals surface area contributed by atoms with Crippen molar-refractivity contribution in [2.24, 2.45) is 0 Å². The second-order valence-electron chi connectivity index (χ2n) is 3.35. The molecule has 0 spiro atoms. The summed E-state index contributed by atoms with van der Waals surface area (Å²) in [6, 6.07) is 2.13. The smallest absolute Gasteiger partial charge is 0.416 e. The Hall–Kier alpha value is -1.04. The summed E-state index contributed by atoms with van der Waals surface area (Å²) in [5.74, 6) is -0.765. The molecule has 0 aliphatic rings. The molecule has 0 fully saturated rings. The molecule has 0 amide bonds. The zero-order valence-corrected chi connectivity index (χ0v) is 10.8. The monoisotopic (exact) mass is 310 g/mol. The van der Waals surface area contributed by atoms with Gasteiger partial charge in [0.05, 0.1) is 17.7 Å². The van der Waals surface area contributed by atoms with Gasteiger partial charge in [-0.2, -0.15) is 13.2 Å². The number of benzene rings is 1. The first kappa shape index (κ1) is 14.0. The molecular formula is C11H10BrF3O2. The first-order chi connectivity index (χ1) is 7.77. The van der Waals surface area contributed by atoms with Crippen molar-refractivity contribution in [3.63, 3.8) is 0 Å². The summed E-state index contributed by atoms with van der Waals surface area (Å²) in [4.78, 5) is 11.4. The van der Waals surface area contributed by atoms with Gasteiger partial charge in [-0.3, -0.25) is 0 Å². The van der Waals surface area contributed by atoms with Crippen LogP contribution in [0.1, 0.15) is 28.4 Å². The van der Waals surface area contributed by atoms with Gasteiger partial charge in [0, 0.05) is 4.47 Å². The molecule has 0 N–H and O–H groups in total. The van der Waals surface area contributed by atoms with Gasteiger partial charge in [-0.1, -0.05) is 15.9 Å². The van der Waals surface area contributed by atoms with Gasteiger partial charge < -0.3 is 4.74 Å². The highest BCUT2D eigenvalue weighted by atomic mass is 79.9. The highest BCUT2D eigenvalue weighted by molar-refractivity contribution is 9.10. The summed E-state index contributed by atoms with van der Waals surface area (Å²) < 4.78 is 43.0. The van der Waals surface area contributed by atoms with E-state index in [4.69, 9.17) is 0 Å². The largest absolute Gasteiger partial charge is 0.462 e. The molecule has 0 radical (unpaired) electrons. The molecule has 0 aliphatic heterocycles. The van der Waals surface area contributed by atoms with E-state index in [1.807, 2.05) is 0 Å². The van der Waals surface area contributed by atoms with Crippen molar-refractivity contribution < 1.29 is 22.7 Å². The average Bonchev–Trinajstić information content (AvgIpc) is 2.20. The molecule has 1 aromatic rings. The Kier molecular flexibility index (Phi) is 4.19. The number of rotatable bonds is 2. The molecule has 0 bridgehead atoms. The van der Waals surface area contributed by atoms with Crippen LogP contribution in [0.5, 0.6) is 0 Å². The zero-order chi connectivity index (χ0) is 13.2. The Morgan fingerprint density at radius 1 is 1.41 bits per heavy atom. The number of esters is 1. The highest BCUT2D eigenvalue weighted by Crippen LogP contribution is 2.35. The van der Waals surface area contributed by atoms with Crippen molar-refractivity contribution in [2.75, 3.05) is 6.61 Å². The van der Waals surface area contributed by atoms with Gasteiger partial charge in [0.1, 0.15) is 0 Å². The first-order valence-electron chi connectivity index (χ1n) is 4.81. The second kappa shape index (κ2) is 5.08. The molecular weight excluding hydrogens is 301 g/mol. The van der Waals surface area contributed by atoms with Crippen LogP contribution in [-0.4, -0.2) is 12.6 Å². The molecule has 0 aromatic heterocycles. The lowest BCUT2D eigenvalue weighted by atomic mass is 10.0. The summed E-state index contributed by atoms with van der Waals surface area (Å²) >= 11 is 3.00. The van der Waals surface area contributed by atoms with Gasteiger partial charge in [0.25, 0.3) is 0 Å². The maximum Gasteiger partial charge on any atom is 0.416 e. The van der Waals surface area contributed by atoms with Crippen LogP contribution in [-0.2, 0) is 10.9 Å². The van der Waals surface area contributed by atoms with Gasteiger partial charge in [-0.15, -0.1) is 0 Å². The third-order valence-corrected chi connectivity index (χ3v) is 2.98. The minimum absolute atomic E-state index is 0.0468. The summed E-state index contributed by atoms with van der Waals surface area (Å²) in [6.45, 7) is 3.04. The normalized spacial score (nSPS) is 11.4. The quantitative estimate of drug-likeness (QED) is 0.773. The standard InChI is InChI=1S/C11H10BrF3O2/c1-3-17-10(16)7-4-8(11(13,14)15)6(2)9(12)5-7/h4-5H,3H2,1-2H3. The predicted molar refractivity (Wildman–Crippen MR) is 59.8 cm³/mol. The van der Waals surface area contributed by atoms with Crippen molar-refractivity contribution in [1.29, 1.82) is 0 Å². The molecule has 0 heterocycles. The number of hydrogen-bond donors (Lipinski definition) is 0. The van der Waals surface area contributed by atoms with Crippen molar-refractivity contribution in [3.05, 3.63) is 33.3 Å². The Morgan fingerprint density at radius 3 is 2.47 bits per heavy atom. The summed E-state index contributed by atoms with van der Waals surface area (Å²) in [5, 5.41) is 0. The lowest BCUT2D eigenvalue weighted by molar-refractivity contribution is -0.138. The SMILES string of the molecule is CCOC(=O)c1cc(Br)c(C)c(C(F)(F)F)c1. The van der Waals surface area contributed by atoms with Gasteiger partial charge in [0.2, 0.25) is 0 Å². The number of hydrogen-bond acceptors (Lipinski definition) is 2. The number of alkyl halides is 3. The minimum Gasteiger partial charge on any atom is -0.462 e. The van der Waals surface area contributed by atoms with E-state index in [0.29, 0.717) is 0 Å². The minimum atomic E-state index is -4.49. The third-order valence-electron chi connectivity index (χ3n) is 2.16. The summed E-state index contributed by atoms with van der Waals surface area (Å²) in [5.41, 5.74) is -0.905. The number of carbonyl (C=O) groups excluding carboxylic acids is 1. The Morgan fingerprint density at radius 2 is 2.00 bits per heavy atom.